The van der Waals surface area contributed by atoms with E-state index < -0.39 is 6.10 Å². The third kappa shape index (κ3) is 3.45. The van der Waals surface area contributed by atoms with Crippen LogP contribution in [-0.4, -0.2) is 34.4 Å². The van der Waals surface area contributed by atoms with Gasteiger partial charge in [-0.15, -0.1) is 0 Å². The molecule has 2 rings (SSSR count). The topological polar surface area (TPSA) is 56.6 Å². The number of aromatic nitrogens is 1. The minimum absolute atomic E-state index is 0.163. The van der Waals surface area contributed by atoms with Gasteiger partial charge in [0.15, 0.2) is 0 Å². The summed E-state index contributed by atoms with van der Waals surface area (Å²) in [4.78, 5) is 6.60. The number of pyridine rings is 1. The van der Waals surface area contributed by atoms with E-state index in [1.165, 1.54) is 25.7 Å². The number of anilines is 1. The van der Waals surface area contributed by atoms with Crippen molar-refractivity contribution in [2.45, 2.75) is 51.2 Å². The Labute approximate surface area is 115 Å². The largest absolute Gasteiger partial charge is 0.395 e. The van der Waals surface area contributed by atoms with Gasteiger partial charge >= 0.3 is 0 Å². The number of aliphatic hydroxyl groups is 2. The van der Waals surface area contributed by atoms with Gasteiger partial charge in [-0.3, -0.25) is 4.98 Å². The molecule has 1 atom stereocenters. The second-order valence-electron chi connectivity index (χ2n) is 5.22. The van der Waals surface area contributed by atoms with Crippen LogP contribution in [0.5, 0.6) is 0 Å². The Morgan fingerprint density at radius 1 is 1.37 bits per heavy atom. The number of hydrogen-bond acceptors (Lipinski definition) is 4. The van der Waals surface area contributed by atoms with Crippen LogP contribution in [0.15, 0.2) is 18.3 Å². The first kappa shape index (κ1) is 14.3. The maximum Gasteiger partial charge on any atom is 0.0957 e. The van der Waals surface area contributed by atoms with Crippen molar-refractivity contribution < 1.29 is 10.2 Å². The maximum atomic E-state index is 9.76. The van der Waals surface area contributed by atoms with Gasteiger partial charge in [0.25, 0.3) is 0 Å². The molecule has 1 aliphatic carbocycles. The number of rotatable bonds is 6. The van der Waals surface area contributed by atoms with E-state index in [0.717, 1.165) is 11.4 Å². The summed E-state index contributed by atoms with van der Waals surface area (Å²) in [6.07, 6.45) is 6.95. The molecule has 0 bridgehead atoms. The molecule has 1 fully saturated rings. The summed E-state index contributed by atoms with van der Waals surface area (Å²) in [5, 5.41) is 19.0. The number of nitrogens with zero attached hydrogens (tertiary/aromatic N) is 2. The molecular weight excluding hydrogens is 240 g/mol. The summed E-state index contributed by atoms with van der Waals surface area (Å²) >= 11 is 0. The minimum atomic E-state index is -0.480. The van der Waals surface area contributed by atoms with Crippen LogP contribution in [0.1, 0.15) is 50.8 Å². The second-order valence-corrected chi connectivity index (χ2v) is 5.22. The molecule has 106 valence electrons. The van der Waals surface area contributed by atoms with Crippen molar-refractivity contribution in [1.82, 2.24) is 4.98 Å². The van der Waals surface area contributed by atoms with Crippen LogP contribution in [0.2, 0.25) is 0 Å². The standard InChI is InChI=1S/C15H24N2O2/c1-2-15(19)14-8-7-13(11-16-14)17(9-10-18)12-5-3-4-6-12/h7-8,11-12,15,18-19H,2-6,9-10H2,1H3. The Kier molecular flexibility index (Phi) is 5.16. The third-order valence-electron chi connectivity index (χ3n) is 3.94. The highest BCUT2D eigenvalue weighted by Gasteiger charge is 2.22. The van der Waals surface area contributed by atoms with Crippen LogP contribution in [0.25, 0.3) is 0 Å². The first-order valence-corrected chi connectivity index (χ1v) is 7.27. The highest BCUT2D eigenvalue weighted by Crippen LogP contribution is 2.28. The van der Waals surface area contributed by atoms with Crippen LogP contribution in [-0.2, 0) is 0 Å². The quantitative estimate of drug-likeness (QED) is 0.827. The van der Waals surface area contributed by atoms with Gasteiger partial charge in [-0.1, -0.05) is 19.8 Å². The van der Waals surface area contributed by atoms with E-state index in [9.17, 15) is 10.2 Å². The van der Waals surface area contributed by atoms with Crippen molar-refractivity contribution in [3.8, 4) is 0 Å². The van der Waals surface area contributed by atoms with Crippen molar-refractivity contribution in [1.29, 1.82) is 0 Å². The van der Waals surface area contributed by atoms with Gasteiger partial charge in [0.1, 0.15) is 0 Å². The molecule has 1 saturated carbocycles. The molecule has 0 aliphatic heterocycles. The fourth-order valence-electron chi connectivity index (χ4n) is 2.82. The first-order chi connectivity index (χ1) is 9.26. The SMILES string of the molecule is CCC(O)c1ccc(N(CCO)C2CCCC2)cn1. The Morgan fingerprint density at radius 3 is 2.63 bits per heavy atom. The average Bonchev–Trinajstić information content (AvgIpc) is 2.98. The number of hydrogen-bond donors (Lipinski definition) is 2. The van der Waals surface area contributed by atoms with E-state index in [4.69, 9.17) is 0 Å². The lowest BCUT2D eigenvalue weighted by Crippen LogP contribution is -2.35. The predicted octanol–water partition coefficient (Wildman–Crippen LogP) is 2.27. The minimum Gasteiger partial charge on any atom is -0.395 e. The van der Waals surface area contributed by atoms with E-state index in [2.05, 4.69) is 9.88 Å². The molecule has 1 aromatic rings. The fourth-order valence-corrected chi connectivity index (χ4v) is 2.82. The lowest BCUT2D eigenvalue weighted by atomic mass is 10.1. The zero-order valence-electron chi connectivity index (χ0n) is 11.6. The van der Waals surface area contributed by atoms with Crippen LogP contribution >= 0.6 is 0 Å². The molecule has 1 aliphatic rings. The average molecular weight is 264 g/mol. The Balaban J connectivity index is 2.12. The normalized spacial score (nSPS) is 17.6. The molecule has 0 radical (unpaired) electrons. The van der Waals surface area contributed by atoms with Gasteiger partial charge in [0.2, 0.25) is 0 Å². The fraction of sp³-hybridized carbons (Fsp3) is 0.667. The molecule has 0 aromatic carbocycles. The van der Waals surface area contributed by atoms with Crippen LogP contribution in [0.4, 0.5) is 5.69 Å². The Bertz CT molecular complexity index is 374. The predicted molar refractivity (Wildman–Crippen MR) is 76.2 cm³/mol. The zero-order chi connectivity index (χ0) is 13.7. The summed E-state index contributed by atoms with van der Waals surface area (Å²) in [7, 11) is 0. The molecule has 1 unspecified atom stereocenters. The molecule has 19 heavy (non-hydrogen) atoms. The summed E-state index contributed by atoms with van der Waals surface area (Å²) in [6, 6.07) is 4.42. The van der Waals surface area contributed by atoms with Crippen LogP contribution in [0, 0.1) is 0 Å². The van der Waals surface area contributed by atoms with Crippen molar-refractivity contribution in [2.75, 3.05) is 18.1 Å². The second kappa shape index (κ2) is 6.87. The van der Waals surface area contributed by atoms with E-state index >= 15 is 0 Å². The van der Waals surface area contributed by atoms with Gasteiger partial charge in [0.05, 0.1) is 30.3 Å². The van der Waals surface area contributed by atoms with Crippen molar-refractivity contribution in [2.24, 2.45) is 0 Å². The maximum absolute atomic E-state index is 9.76. The van der Waals surface area contributed by atoms with Crippen molar-refractivity contribution in [3.63, 3.8) is 0 Å². The Morgan fingerprint density at radius 2 is 2.11 bits per heavy atom. The van der Waals surface area contributed by atoms with Crippen molar-refractivity contribution in [3.05, 3.63) is 24.0 Å². The van der Waals surface area contributed by atoms with Gasteiger partial charge in [-0.05, 0) is 31.4 Å². The van der Waals surface area contributed by atoms with Crippen molar-refractivity contribution >= 4 is 5.69 Å². The van der Waals surface area contributed by atoms with Crippen LogP contribution < -0.4 is 4.90 Å². The lowest BCUT2D eigenvalue weighted by Gasteiger charge is -2.30. The molecule has 0 saturated heterocycles. The molecule has 1 aromatic heterocycles. The van der Waals surface area contributed by atoms with Gasteiger partial charge in [-0.2, -0.15) is 0 Å². The smallest absolute Gasteiger partial charge is 0.0957 e. The molecule has 2 N–H and O–H groups in total. The molecular formula is C15H24N2O2. The lowest BCUT2D eigenvalue weighted by molar-refractivity contribution is 0.169. The van der Waals surface area contributed by atoms with Gasteiger partial charge < -0.3 is 15.1 Å². The molecule has 0 spiro atoms. The monoisotopic (exact) mass is 264 g/mol. The van der Waals surface area contributed by atoms with E-state index in [1.807, 2.05) is 25.3 Å². The summed E-state index contributed by atoms with van der Waals surface area (Å²) in [5.41, 5.74) is 1.77. The van der Waals surface area contributed by atoms with Gasteiger partial charge in [0, 0.05) is 12.6 Å². The van der Waals surface area contributed by atoms with E-state index in [0.29, 0.717) is 19.0 Å². The van der Waals surface area contributed by atoms with E-state index in [-0.39, 0.29) is 6.61 Å². The summed E-state index contributed by atoms with van der Waals surface area (Å²) in [6.45, 7) is 2.76. The molecule has 4 nitrogen and oxygen atoms in total. The van der Waals surface area contributed by atoms with E-state index in [1.54, 1.807) is 0 Å². The third-order valence-corrected chi connectivity index (χ3v) is 3.94. The number of aliphatic hydroxyl groups excluding tert-OH is 2. The van der Waals surface area contributed by atoms with Crippen LogP contribution in [0.3, 0.4) is 0 Å². The molecule has 0 amide bonds. The zero-order valence-corrected chi connectivity index (χ0v) is 11.6. The summed E-state index contributed by atoms with van der Waals surface area (Å²) < 4.78 is 0. The van der Waals surface area contributed by atoms with Gasteiger partial charge in [-0.25, -0.2) is 0 Å². The molecule has 1 heterocycles. The highest BCUT2D eigenvalue weighted by molar-refractivity contribution is 5.46. The summed E-state index contributed by atoms with van der Waals surface area (Å²) in [5.74, 6) is 0. The Hall–Kier alpha value is -1.13. The molecule has 4 heteroatoms. The highest BCUT2D eigenvalue weighted by atomic mass is 16.3. The first-order valence-electron chi connectivity index (χ1n) is 7.27.